The van der Waals surface area contributed by atoms with Crippen molar-refractivity contribution >= 4 is 55.7 Å². The van der Waals surface area contributed by atoms with Crippen LogP contribution in [0.5, 0.6) is 0 Å². The lowest BCUT2D eigenvalue weighted by Crippen LogP contribution is -2.34. The van der Waals surface area contributed by atoms with E-state index in [0.29, 0.717) is 0 Å². The molecular weight excluding hydrogens is 919 g/mol. The number of fused-ring (bicyclic) bond motifs is 5. The SMILES string of the molecule is CC[n+]1c(C)n(C)c2cnccc21.CCn1c(C)[n+](C)c2nc(C)c(C)c(C)c21.CCn1c(C)[n+](C)c2nc(C)c(C)cc21.CCn1c(C)[n+](C)c2nc(C)cc(C)c21.CCn1c(C)[n+](C)c2ncc(C)c(C)c21. The average Bonchev–Trinajstić information content (AvgIpc) is 4.04. The van der Waals surface area contributed by atoms with E-state index in [-0.39, 0.29) is 0 Å². The Balaban J connectivity index is 0.000000151. The molecule has 0 bridgehead atoms. The normalized spacial score (nSPS) is 11.2. The number of hydrogen-bond donors (Lipinski definition) is 0. The molecule has 0 unspecified atom stereocenters. The fourth-order valence-electron chi connectivity index (χ4n) is 10.6. The third kappa shape index (κ3) is 10.1. The van der Waals surface area contributed by atoms with Crippen LogP contribution in [0.4, 0.5) is 0 Å². The third-order valence-corrected chi connectivity index (χ3v) is 16.0. The second kappa shape index (κ2) is 22.7. The Bertz CT molecular complexity index is 3700. The van der Waals surface area contributed by atoms with Gasteiger partial charge in [-0.2, -0.15) is 0 Å². The van der Waals surface area contributed by atoms with Crippen LogP contribution in [0.1, 0.15) is 114 Å². The van der Waals surface area contributed by atoms with Crippen molar-refractivity contribution in [3.05, 3.63) is 116 Å². The molecule has 0 amide bonds. The first-order valence-corrected chi connectivity index (χ1v) is 26.5. The predicted molar refractivity (Wildman–Crippen MR) is 299 cm³/mol. The van der Waals surface area contributed by atoms with E-state index in [1.807, 2.05) is 25.5 Å². The van der Waals surface area contributed by atoms with Gasteiger partial charge in [-0.15, -0.1) is 19.9 Å². The van der Waals surface area contributed by atoms with E-state index < -0.39 is 0 Å². The topological polar surface area (TPSA) is 108 Å². The van der Waals surface area contributed by atoms with E-state index in [4.69, 9.17) is 4.98 Å². The van der Waals surface area contributed by atoms with Crippen LogP contribution >= 0.6 is 0 Å². The number of nitrogens with zero attached hydrogens (tertiary/aromatic N) is 15. The molecule has 74 heavy (non-hydrogen) atoms. The fraction of sp³-hybridized carbons (Fsp3) is 0.492. The molecule has 0 spiro atoms. The number of hydrogen-bond acceptors (Lipinski definition) is 5. The van der Waals surface area contributed by atoms with Gasteiger partial charge in [0.25, 0.3) is 5.82 Å². The molecule has 0 fully saturated rings. The minimum Gasteiger partial charge on any atom is -0.260 e. The van der Waals surface area contributed by atoms with Gasteiger partial charge in [0.1, 0.15) is 23.3 Å². The number of aryl methyl sites for hydroxylation is 18. The van der Waals surface area contributed by atoms with Gasteiger partial charge in [0.2, 0.25) is 23.3 Å². The molecular formula is C59H88N15+5. The molecule has 0 aliphatic carbocycles. The first kappa shape index (κ1) is 56.4. The van der Waals surface area contributed by atoms with Crippen LogP contribution in [0.2, 0.25) is 0 Å². The van der Waals surface area contributed by atoms with Gasteiger partial charge in [0, 0.05) is 58.0 Å². The molecule has 0 N–H and O–H groups in total. The Morgan fingerprint density at radius 1 is 0.446 bits per heavy atom. The minimum atomic E-state index is 0.993. The maximum absolute atomic E-state index is 4.71. The van der Waals surface area contributed by atoms with Crippen molar-refractivity contribution in [2.45, 2.75) is 164 Å². The van der Waals surface area contributed by atoms with Crippen LogP contribution in [0.15, 0.2) is 36.8 Å². The second-order valence-corrected chi connectivity index (χ2v) is 20.0. The highest BCUT2D eigenvalue weighted by atomic mass is 15.2. The van der Waals surface area contributed by atoms with Crippen molar-refractivity contribution in [1.29, 1.82) is 0 Å². The summed E-state index contributed by atoms with van der Waals surface area (Å²) >= 11 is 0. The molecule has 0 aliphatic heterocycles. The summed E-state index contributed by atoms with van der Waals surface area (Å²) in [6, 6.07) is 6.44. The van der Waals surface area contributed by atoms with Gasteiger partial charge < -0.3 is 0 Å². The summed E-state index contributed by atoms with van der Waals surface area (Å²) in [6.45, 7) is 45.6. The van der Waals surface area contributed by atoms with E-state index >= 15 is 0 Å². The summed E-state index contributed by atoms with van der Waals surface area (Å²) in [5, 5.41) is 0. The summed E-state index contributed by atoms with van der Waals surface area (Å²) < 4.78 is 22.4. The molecule has 10 heterocycles. The molecule has 0 saturated carbocycles. The first-order chi connectivity index (χ1) is 34.9. The highest BCUT2D eigenvalue weighted by Gasteiger charge is 2.25. The zero-order valence-electron chi connectivity index (χ0n) is 49.7. The van der Waals surface area contributed by atoms with Crippen LogP contribution in [0.25, 0.3) is 55.7 Å². The van der Waals surface area contributed by atoms with Gasteiger partial charge in [-0.25, -0.2) is 27.4 Å². The Hall–Kier alpha value is -6.90. The Labute approximate surface area is 440 Å². The number of imidazole rings is 5. The number of pyridine rings is 5. The summed E-state index contributed by atoms with van der Waals surface area (Å²) in [6.07, 6.45) is 5.71. The minimum absolute atomic E-state index is 0.993. The van der Waals surface area contributed by atoms with E-state index in [9.17, 15) is 0 Å². The molecule has 0 aliphatic rings. The number of aromatic nitrogens is 15. The first-order valence-electron chi connectivity index (χ1n) is 26.5. The zero-order valence-corrected chi connectivity index (χ0v) is 49.7. The molecule has 10 aromatic heterocycles. The van der Waals surface area contributed by atoms with Gasteiger partial charge in [0.05, 0.1) is 74.2 Å². The zero-order chi connectivity index (χ0) is 54.9. The molecule has 0 radical (unpaired) electrons. The standard InChI is InChI=1S/C13H20N3.3C12H18N3.C10H14N3/c1-7-16-11(5)15(6)13-12(16)9(3)8(2)10(4)14-13;1-6-15-10(4)14(5)12-11(15)9(3)8(2)7-13-12;1-6-15-10(4)14(5)12-11(15)7-8(2)9(3)13-12;1-6-15-10(4)14(5)12-11(15)8(2)7-9(3)13-12;1-4-13-8(2)12(3)10-7-11-6-5-9(10)13/h7H2,1-6H3;3*7H,6H2,1-5H3;5-7H,4H2,1-3H3/q5*+1. The smallest absolute Gasteiger partial charge is 0.260 e. The van der Waals surface area contributed by atoms with Crippen molar-refractivity contribution in [3.8, 4) is 0 Å². The highest BCUT2D eigenvalue weighted by molar-refractivity contribution is 5.76. The lowest BCUT2D eigenvalue weighted by Gasteiger charge is -2.02. The summed E-state index contributed by atoms with van der Waals surface area (Å²) in [5.41, 5.74) is 23.0. The molecule has 15 heteroatoms. The van der Waals surface area contributed by atoms with Crippen LogP contribution < -0.4 is 22.8 Å². The van der Waals surface area contributed by atoms with E-state index in [1.165, 1.54) is 95.6 Å². The maximum Gasteiger partial charge on any atom is 0.302 e. The summed E-state index contributed by atoms with van der Waals surface area (Å²) in [4.78, 5) is 22.6. The Morgan fingerprint density at radius 2 is 0.932 bits per heavy atom. The summed E-state index contributed by atoms with van der Waals surface area (Å²) in [5.74, 6) is 6.30. The molecule has 394 valence electrons. The second-order valence-electron chi connectivity index (χ2n) is 20.0. The van der Waals surface area contributed by atoms with Gasteiger partial charge in [0.15, 0.2) is 33.1 Å². The van der Waals surface area contributed by atoms with Crippen LogP contribution in [0, 0.1) is 96.9 Å². The lowest BCUT2D eigenvalue weighted by molar-refractivity contribution is -0.674. The molecule has 0 saturated heterocycles. The molecule has 0 aromatic carbocycles. The van der Waals surface area contributed by atoms with E-state index in [1.54, 1.807) is 0 Å². The quantitative estimate of drug-likeness (QED) is 0.161. The van der Waals surface area contributed by atoms with Crippen molar-refractivity contribution in [2.24, 2.45) is 35.2 Å². The summed E-state index contributed by atoms with van der Waals surface area (Å²) in [7, 11) is 10.4. The Morgan fingerprint density at radius 3 is 1.49 bits per heavy atom. The van der Waals surface area contributed by atoms with Gasteiger partial charge in [-0.05, 0) is 131 Å². The molecule has 15 nitrogen and oxygen atoms in total. The van der Waals surface area contributed by atoms with Crippen LogP contribution in [0.3, 0.4) is 0 Å². The van der Waals surface area contributed by atoms with E-state index in [0.717, 1.165) is 72.4 Å². The van der Waals surface area contributed by atoms with E-state index in [2.05, 4.69) is 244 Å². The van der Waals surface area contributed by atoms with Crippen LogP contribution in [-0.4, -0.2) is 47.8 Å². The van der Waals surface area contributed by atoms with Gasteiger partial charge >= 0.3 is 22.6 Å². The van der Waals surface area contributed by atoms with Crippen molar-refractivity contribution in [2.75, 3.05) is 0 Å². The van der Waals surface area contributed by atoms with Crippen LogP contribution in [-0.2, 0) is 68.0 Å². The molecule has 10 rings (SSSR count). The van der Waals surface area contributed by atoms with Gasteiger partial charge in [-0.1, -0.05) is 0 Å². The fourth-order valence-corrected chi connectivity index (χ4v) is 10.6. The van der Waals surface area contributed by atoms with Crippen molar-refractivity contribution < 1.29 is 22.8 Å². The largest absolute Gasteiger partial charge is 0.302 e. The van der Waals surface area contributed by atoms with Gasteiger partial charge in [-0.3, -0.25) is 23.3 Å². The maximum atomic E-state index is 4.71. The lowest BCUT2D eigenvalue weighted by atomic mass is 10.1. The highest BCUT2D eigenvalue weighted by Crippen LogP contribution is 2.23. The third-order valence-electron chi connectivity index (χ3n) is 16.0. The predicted octanol–water partition coefficient (Wildman–Crippen LogP) is 8.72. The molecule has 10 aromatic rings. The van der Waals surface area contributed by atoms with Crippen molar-refractivity contribution in [3.63, 3.8) is 0 Å². The monoisotopic (exact) mass is 1010 g/mol. The van der Waals surface area contributed by atoms with Crippen molar-refractivity contribution in [1.82, 2.24) is 47.8 Å². The molecule has 0 atom stereocenters. The average molecular weight is 1010 g/mol. The number of rotatable bonds is 5. The Kier molecular flexibility index (Phi) is 17.3.